The lowest BCUT2D eigenvalue weighted by Gasteiger charge is -1.99. The first-order valence-corrected chi connectivity index (χ1v) is 7.33. The molecule has 0 unspecified atom stereocenters. The van der Waals surface area contributed by atoms with Crippen LogP contribution in [0.3, 0.4) is 0 Å². The standard InChI is InChI=1S/C16H16OS/c17-14(10-9-12-5-2-1-3-6-12)16-11-13-7-4-8-15(13)18-16/h1-3,5-6,11H,4,7-10H2. The Labute approximate surface area is 111 Å². The van der Waals surface area contributed by atoms with Crippen molar-refractivity contribution in [3.8, 4) is 0 Å². The molecule has 0 fully saturated rings. The van der Waals surface area contributed by atoms with Gasteiger partial charge in [0.15, 0.2) is 5.78 Å². The first-order valence-electron chi connectivity index (χ1n) is 6.51. The van der Waals surface area contributed by atoms with Crippen molar-refractivity contribution < 1.29 is 4.79 Å². The molecular formula is C16H16OS. The van der Waals surface area contributed by atoms with Gasteiger partial charge in [0, 0.05) is 11.3 Å². The molecule has 0 spiro atoms. The Balaban J connectivity index is 1.64. The molecular weight excluding hydrogens is 240 g/mol. The fourth-order valence-electron chi connectivity index (χ4n) is 2.49. The van der Waals surface area contributed by atoms with E-state index >= 15 is 0 Å². The fraction of sp³-hybridized carbons (Fsp3) is 0.312. The highest BCUT2D eigenvalue weighted by Gasteiger charge is 2.18. The molecule has 3 rings (SSSR count). The minimum Gasteiger partial charge on any atom is -0.293 e. The van der Waals surface area contributed by atoms with Crippen molar-refractivity contribution in [1.82, 2.24) is 0 Å². The molecule has 1 nitrogen and oxygen atoms in total. The lowest BCUT2D eigenvalue weighted by atomic mass is 10.1. The highest BCUT2D eigenvalue weighted by atomic mass is 32.1. The van der Waals surface area contributed by atoms with Gasteiger partial charge in [-0.15, -0.1) is 11.3 Å². The molecule has 0 amide bonds. The molecule has 1 aromatic heterocycles. The average molecular weight is 256 g/mol. The van der Waals surface area contributed by atoms with Gasteiger partial charge in [0.05, 0.1) is 4.88 Å². The first-order chi connectivity index (χ1) is 8.83. The van der Waals surface area contributed by atoms with E-state index < -0.39 is 0 Å². The summed E-state index contributed by atoms with van der Waals surface area (Å²) in [6.07, 6.45) is 5.08. The number of carbonyl (C=O) groups is 1. The first kappa shape index (κ1) is 11.7. The SMILES string of the molecule is O=C(CCc1ccccc1)c1cc2c(s1)CCC2. The van der Waals surface area contributed by atoms with Crippen molar-refractivity contribution in [3.63, 3.8) is 0 Å². The molecule has 2 aromatic rings. The molecule has 0 aliphatic heterocycles. The third kappa shape index (κ3) is 2.39. The summed E-state index contributed by atoms with van der Waals surface area (Å²) in [6, 6.07) is 12.4. The Morgan fingerprint density at radius 2 is 2.00 bits per heavy atom. The summed E-state index contributed by atoms with van der Waals surface area (Å²) < 4.78 is 0. The molecule has 2 heteroatoms. The number of Topliss-reactive ketones (excluding diaryl/α,β-unsaturated/α-hetero) is 1. The quantitative estimate of drug-likeness (QED) is 0.754. The molecule has 1 aliphatic carbocycles. The molecule has 0 atom stereocenters. The summed E-state index contributed by atoms with van der Waals surface area (Å²) in [5, 5.41) is 0. The van der Waals surface area contributed by atoms with Crippen molar-refractivity contribution in [2.24, 2.45) is 0 Å². The van der Waals surface area contributed by atoms with E-state index in [1.807, 2.05) is 18.2 Å². The van der Waals surface area contributed by atoms with Gasteiger partial charge < -0.3 is 0 Å². The van der Waals surface area contributed by atoms with E-state index in [-0.39, 0.29) is 0 Å². The van der Waals surface area contributed by atoms with E-state index in [1.165, 1.54) is 28.8 Å². The van der Waals surface area contributed by atoms with Crippen LogP contribution in [0.1, 0.15) is 38.5 Å². The predicted molar refractivity (Wildman–Crippen MR) is 75.4 cm³/mol. The number of rotatable bonds is 4. The van der Waals surface area contributed by atoms with Crippen LogP contribution in [0, 0.1) is 0 Å². The second-order valence-electron chi connectivity index (χ2n) is 4.82. The zero-order valence-corrected chi connectivity index (χ0v) is 11.1. The summed E-state index contributed by atoms with van der Waals surface area (Å²) in [5.41, 5.74) is 2.66. The van der Waals surface area contributed by atoms with E-state index in [1.54, 1.807) is 11.3 Å². The molecule has 0 bridgehead atoms. The molecule has 1 aliphatic rings. The van der Waals surface area contributed by atoms with Crippen molar-refractivity contribution in [1.29, 1.82) is 0 Å². The molecule has 0 saturated carbocycles. The van der Waals surface area contributed by atoms with E-state index in [9.17, 15) is 4.79 Å². The van der Waals surface area contributed by atoms with Gasteiger partial charge in [0.25, 0.3) is 0 Å². The van der Waals surface area contributed by atoms with Crippen LogP contribution in [-0.2, 0) is 19.3 Å². The monoisotopic (exact) mass is 256 g/mol. The molecule has 92 valence electrons. The van der Waals surface area contributed by atoms with Crippen LogP contribution in [0.15, 0.2) is 36.4 Å². The van der Waals surface area contributed by atoms with Gasteiger partial charge in [-0.1, -0.05) is 30.3 Å². The van der Waals surface area contributed by atoms with Gasteiger partial charge in [-0.2, -0.15) is 0 Å². The Kier molecular flexibility index (Phi) is 3.28. The molecule has 0 saturated heterocycles. The van der Waals surface area contributed by atoms with Crippen molar-refractivity contribution in [2.45, 2.75) is 32.1 Å². The average Bonchev–Trinajstić information content (AvgIpc) is 2.98. The van der Waals surface area contributed by atoms with E-state index in [4.69, 9.17) is 0 Å². The van der Waals surface area contributed by atoms with Crippen molar-refractivity contribution >= 4 is 17.1 Å². The summed E-state index contributed by atoms with van der Waals surface area (Å²) >= 11 is 1.72. The fourth-order valence-corrected chi connectivity index (χ4v) is 3.71. The van der Waals surface area contributed by atoms with Gasteiger partial charge in [0.1, 0.15) is 0 Å². The highest BCUT2D eigenvalue weighted by Crippen LogP contribution is 2.31. The lowest BCUT2D eigenvalue weighted by Crippen LogP contribution is -1.98. The number of hydrogen-bond donors (Lipinski definition) is 0. The Morgan fingerprint density at radius 1 is 1.17 bits per heavy atom. The maximum absolute atomic E-state index is 12.1. The van der Waals surface area contributed by atoms with Crippen LogP contribution in [0.5, 0.6) is 0 Å². The van der Waals surface area contributed by atoms with Crippen LogP contribution >= 0.6 is 11.3 Å². The summed E-state index contributed by atoms with van der Waals surface area (Å²) in [4.78, 5) is 14.5. The molecule has 0 N–H and O–H groups in total. The topological polar surface area (TPSA) is 17.1 Å². The largest absolute Gasteiger partial charge is 0.293 e. The second-order valence-corrected chi connectivity index (χ2v) is 5.96. The van der Waals surface area contributed by atoms with E-state index in [0.29, 0.717) is 12.2 Å². The van der Waals surface area contributed by atoms with Crippen molar-refractivity contribution in [2.75, 3.05) is 0 Å². The summed E-state index contributed by atoms with van der Waals surface area (Å²) in [7, 11) is 0. The van der Waals surface area contributed by atoms with Gasteiger partial charge in [-0.3, -0.25) is 4.79 Å². The smallest absolute Gasteiger partial charge is 0.173 e. The second kappa shape index (κ2) is 5.07. The molecule has 1 aromatic carbocycles. The number of benzene rings is 1. The number of fused-ring (bicyclic) bond motifs is 1. The Morgan fingerprint density at radius 3 is 2.78 bits per heavy atom. The third-order valence-corrected chi connectivity index (χ3v) is 4.78. The Bertz CT molecular complexity index is 532. The zero-order chi connectivity index (χ0) is 12.4. The van der Waals surface area contributed by atoms with Gasteiger partial charge in [-0.25, -0.2) is 0 Å². The zero-order valence-electron chi connectivity index (χ0n) is 10.3. The van der Waals surface area contributed by atoms with Crippen LogP contribution in [0.2, 0.25) is 0 Å². The molecule has 0 radical (unpaired) electrons. The molecule has 1 heterocycles. The van der Waals surface area contributed by atoms with Gasteiger partial charge >= 0.3 is 0 Å². The number of hydrogen-bond acceptors (Lipinski definition) is 2. The number of thiophene rings is 1. The number of aryl methyl sites for hydroxylation is 3. The summed E-state index contributed by atoms with van der Waals surface area (Å²) in [6.45, 7) is 0. The highest BCUT2D eigenvalue weighted by molar-refractivity contribution is 7.14. The molecule has 18 heavy (non-hydrogen) atoms. The van der Waals surface area contributed by atoms with Crippen LogP contribution in [0.25, 0.3) is 0 Å². The maximum Gasteiger partial charge on any atom is 0.173 e. The van der Waals surface area contributed by atoms with E-state index in [0.717, 1.165) is 17.7 Å². The van der Waals surface area contributed by atoms with Crippen LogP contribution in [-0.4, -0.2) is 5.78 Å². The minimum absolute atomic E-state index is 0.304. The summed E-state index contributed by atoms with van der Waals surface area (Å²) in [5.74, 6) is 0.304. The minimum atomic E-state index is 0.304. The lowest BCUT2D eigenvalue weighted by molar-refractivity contribution is 0.0986. The van der Waals surface area contributed by atoms with Crippen LogP contribution < -0.4 is 0 Å². The van der Waals surface area contributed by atoms with Crippen LogP contribution in [0.4, 0.5) is 0 Å². The number of carbonyl (C=O) groups excluding carboxylic acids is 1. The third-order valence-electron chi connectivity index (χ3n) is 3.50. The number of ketones is 1. The van der Waals surface area contributed by atoms with Gasteiger partial charge in [-0.05, 0) is 42.9 Å². The normalized spacial score (nSPS) is 13.6. The van der Waals surface area contributed by atoms with E-state index in [2.05, 4.69) is 18.2 Å². The van der Waals surface area contributed by atoms with Gasteiger partial charge in [0.2, 0.25) is 0 Å². The predicted octanol–water partition coefficient (Wildman–Crippen LogP) is 4.05. The maximum atomic E-state index is 12.1. The Hall–Kier alpha value is -1.41. The van der Waals surface area contributed by atoms with Crippen molar-refractivity contribution in [3.05, 3.63) is 57.3 Å².